The van der Waals surface area contributed by atoms with Crippen molar-refractivity contribution in [3.8, 4) is 5.75 Å². The van der Waals surface area contributed by atoms with E-state index in [2.05, 4.69) is 5.32 Å². The van der Waals surface area contributed by atoms with E-state index in [0.717, 1.165) is 0 Å². The van der Waals surface area contributed by atoms with Crippen LogP contribution >= 0.6 is 0 Å². The molecule has 1 rings (SSSR count). The van der Waals surface area contributed by atoms with Crippen molar-refractivity contribution in [3.05, 3.63) is 23.8 Å². The molecule has 110 valence electrons. The highest BCUT2D eigenvalue weighted by Crippen LogP contribution is 2.21. The fourth-order valence-corrected chi connectivity index (χ4v) is 1.73. The predicted octanol–water partition coefficient (Wildman–Crippen LogP) is 1.65. The van der Waals surface area contributed by atoms with Crippen molar-refractivity contribution >= 4 is 17.6 Å². The largest absolute Gasteiger partial charge is 0.497 e. The van der Waals surface area contributed by atoms with Gasteiger partial charge in [-0.1, -0.05) is 0 Å². The Labute approximate surface area is 117 Å². The maximum absolute atomic E-state index is 12.1. The Morgan fingerprint density at radius 3 is 2.55 bits per heavy atom. The SMILES string of the molecule is COc1ccc(C(=O)NC(C)(C)CCC(=O)O)c(N)c1. The molecule has 0 fully saturated rings. The van der Waals surface area contributed by atoms with Crippen molar-refractivity contribution in [1.82, 2.24) is 5.32 Å². The van der Waals surface area contributed by atoms with Crippen LogP contribution in [0.2, 0.25) is 0 Å². The summed E-state index contributed by atoms with van der Waals surface area (Å²) in [5, 5.41) is 11.5. The summed E-state index contributed by atoms with van der Waals surface area (Å²) in [5.74, 6) is -0.652. The summed E-state index contributed by atoms with van der Waals surface area (Å²) in [4.78, 5) is 22.7. The molecule has 0 radical (unpaired) electrons. The number of rotatable bonds is 6. The van der Waals surface area contributed by atoms with Gasteiger partial charge in [0.1, 0.15) is 5.75 Å². The zero-order valence-electron chi connectivity index (χ0n) is 11.9. The lowest BCUT2D eigenvalue weighted by Crippen LogP contribution is -2.43. The van der Waals surface area contributed by atoms with Crippen LogP contribution in [0.1, 0.15) is 37.0 Å². The van der Waals surface area contributed by atoms with Crippen LogP contribution in [0.4, 0.5) is 5.69 Å². The van der Waals surface area contributed by atoms with Gasteiger partial charge in [0.15, 0.2) is 0 Å². The number of anilines is 1. The summed E-state index contributed by atoms with van der Waals surface area (Å²) < 4.78 is 5.02. The summed E-state index contributed by atoms with van der Waals surface area (Å²) in [5.41, 5.74) is 5.84. The first-order chi connectivity index (χ1) is 9.25. The molecule has 0 aromatic heterocycles. The number of nitrogen functional groups attached to an aromatic ring is 1. The Balaban J connectivity index is 2.77. The van der Waals surface area contributed by atoms with Gasteiger partial charge in [-0.05, 0) is 32.4 Å². The number of carbonyl (C=O) groups is 2. The molecule has 0 aliphatic rings. The number of aliphatic carboxylic acids is 1. The first-order valence-corrected chi connectivity index (χ1v) is 6.23. The molecule has 0 aliphatic carbocycles. The molecule has 0 heterocycles. The van der Waals surface area contributed by atoms with Gasteiger partial charge < -0.3 is 20.9 Å². The molecular formula is C14H20N2O4. The van der Waals surface area contributed by atoms with Gasteiger partial charge in [-0.3, -0.25) is 9.59 Å². The van der Waals surface area contributed by atoms with Crippen molar-refractivity contribution in [1.29, 1.82) is 0 Å². The molecule has 0 saturated carbocycles. The van der Waals surface area contributed by atoms with Crippen LogP contribution in [-0.4, -0.2) is 29.6 Å². The summed E-state index contributed by atoms with van der Waals surface area (Å²) in [6.07, 6.45) is 0.329. The van der Waals surface area contributed by atoms with Crippen LogP contribution in [-0.2, 0) is 4.79 Å². The van der Waals surface area contributed by atoms with Crippen molar-refractivity contribution in [3.63, 3.8) is 0 Å². The van der Waals surface area contributed by atoms with E-state index in [1.54, 1.807) is 32.0 Å². The topological polar surface area (TPSA) is 102 Å². The third-order valence-electron chi connectivity index (χ3n) is 2.92. The maximum atomic E-state index is 12.1. The summed E-state index contributed by atoms with van der Waals surface area (Å²) in [6.45, 7) is 3.54. The molecule has 0 atom stereocenters. The second-order valence-corrected chi connectivity index (χ2v) is 5.18. The quantitative estimate of drug-likeness (QED) is 0.688. The number of benzene rings is 1. The first kappa shape index (κ1) is 15.8. The van der Waals surface area contributed by atoms with E-state index in [-0.39, 0.29) is 12.3 Å². The molecule has 0 unspecified atom stereocenters. The van der Waals surface area contributed by atoms with Crippen LogP contribution in [0.3, 0.4) is 0 Å². The standard InChI is InChI=1S/C14H20N2O4/c1-14(2,7-6-12(17)18)16-13(19)10-5-4-9(20-3)8-11(10)15/h4-5,8H,6-7,15H2,1-3H3,(H,16,19)(H,17,18). The van der Waals surface area contributed by atoms with Gasteiger partial charge in [-0.2, -0.15) is 0 Å². The number of methoxy groups -OCH3 is 1. The van der Waals surface area contributed by atoms with Gasteiger partial charge in [0.2, 0.25) is 0 Å². The molecule has 1 aromatic rings. The number of nitrogens with one attached hydrogen (secondary N) is 1. The third kappa shape index (κ3) is 4.46. The first-order valence-electron chi connectivity index (χ1n) is 6.23. The zero-order chi connectivity index (χ0) is 15.3. The van der Waals surface area contributed by atoms with Gasteiger partial charge in [-0.15, -0.1) is 0 Å². The molecular weight excluding hydrogens is 260 g/mol. The molecule has 1 aromatic carbocycles. The van der Waals surface area contributed by atoms with Gasteiger partial charge >= 0.3 is 5.97 Å². The lowest BCUT2D eigenvalue weighted by molar-refractivity contribution is -0.137. The molecule has 20 heavy (non-hydrogen) atoms. The number of hydrogen-bond acceptors (Lipinski definition) is 4. The van der Waals surface area contributed by atoms with Gasteiger partial charge in [0.05, 0.1) is 12.7 Å². The molecule has 0 bridgehead atoms. The number of hydrogen-bond donors (Lipinski definition) is 3. The number of nitrogens with two attached hydrogens (primary N) is 1. The van der Waals surface area contributed by atoms with Crippen molar-refractivity contribution in [2.24, 2.45) is 0 Å². The highest BCUT2D eigenvalue weighted by Gasteiger charge is 2.23. The van der Waals surface area contributed by atoms with Crippen LogP contribution in [0.15, 0.2) is 18.2 Å². The van der Waals surface area contributed by atoms with Crippen LogP contribution in [0.5, 0.6) is 5.75 Å². The molecule has 0 spiro atoms. The summed E-state index contributed by atoms with van der Waals surface area (Å²) >= 11 is 0. The third-order valence-corrected chi connectivity index (χ3v) is 2.92. The molecule has 0 aliphatic heterocycles. The zero-order valence-corrected chi connectivity index (χ0v) is 11.9. The minimum Gasteiger partial charge on any atom is -0.497 e. The fourth-order valence-electron chi connectivity index (χ4n) is 1.73. The van der Waals surface area contributed by atoms with Crippen molar-refractivity contribution < 1.29 is 19.4 Å². The molecule has 6 heteroatoms. The Hall–Kier alpha value is -2.24. The number of carbonyl (C=O) groups excluding carboxylic acids is 1. The van der Waals surface area contributed by atoms with Crippen LogP contribution < -0.4 is 15.8 Å². The normalized spacial score (nSPS) is 10.9. The van der Waals surface area contributed by atoms with Crippen LogP contribution in [0.25, 0.3) is 0 Å². The molecule has 1 amide bonds. The minimum absolute atomic E-state index is 0.00856. The molecule has 0 saturated heterocycles. The Kier molecular flexibility index (Phi) is 4.96. The second kappa shape index (κ2) is 6.27. The highest BCUT2D eigenvalue weighted by molar-refractivity contribution is 5.99. The van der Waals surface area contributed by atoms with Gasteiger partial charge in [0, 0.05) is 23.7 Å². The Morgan fingerprint density at radius 2 is 2.05 bits per heavy atom. The monoisotopic (exact) mass is 280 g/mol. The number of carboxylic acid groups (broad SMARTS) is 1. The predicted molar refractivity (Wildman–Crippen MR) is 75.8 cm³/mol. The Morgan fingerprint density at radius 1 is 1.40 bits per heavy atom. The summed E-state index contributed by atoms with van der Waals surface area (Å²) in [6, 6.07) is 4.80. The van der Waals surface area contributed by atoms with E-state index in [0.29, 0.717) is 23.4 Å². The fraction of sp³-hybridized carbons (Fsp3) is 0.429. The molecule has 6 nitrogen and oxygen atoms in total. The number of carboxylic acids is 1. The highest BCUT2D eigenvalue weighted by atomic mass is 16.5. The van der Waals surface area contributed by atoms with E-state index in [1.807, 2.05) is 0 Å². The van der Waals surface area contributed by atoms with Crippen molar-refractivity contribution in [2.45, 2.75) is 32.2 Å². The lowest BCUT2D eigenvalue weighted by atomic mass is 9.97. The lowest BCUT2D eigenvalue weighted by Gasteiger charge is -2.26. The Bertz CT molecular complexity index is 512. The minimum atomic E-state index is -0.892. The van der Waals surface area contributed by atoms with Gasteiger partial charge in [0.25, 0.3) is 5.91 Å². The van der Waals surface area contributed by atoms with E-state index < -0.39 is 11.5 Å². The molecule has 4 N–H and O–H groups in total. The van der Waals surface area contributed by atoms with E-state index in [9.17, 15) is 9.59 Å². The van der Waals surface area contributed by atoms with Gasteiger partial charge in [-0.25, -0.2) is 0 Å². The maximum Gasteiger partial charge on any atom is 0.303 e. The average Bonchev–Trinajstić information content (AvgIpc) is 2.35. The average molecular weight is 280 g/mol. The smallest absolute Gasteiger partial charge is 0.303 e. The van der Waals surface area contributed by atoms with Crippen LogP contribution in [0, 0.1) is 0 Å². The summed E-state index contributed by atoms with van der Waals surface area (Å²) in [7, 11) is 1.52. The van der Waals surface area contributed by atoms with E-state index in [4.69, 9.17) is 15.6 Å². The van der Waals surface area contributed by atoms with E-state index >= 15 is 0 Å². The number of amides is 1. The second-order valence-electron chi connectivity index (χ2n) is 5.18. The van der Waals surface area contributed by atoms with Crippen molar-refractivity contribution in [2.75, 3.05) is 12.8 Å². The van der Waals surface area contributed by atoms with E-state index in [1.165, 1.54) is 7.11 Å². The number of ether oxygens (including phenoxy) is 1.